The van der Waals surface area contributed by atoms with E-state index in [4.69, 9.17) is 26.2 Å². The number of amides is 2. The van der Waals surface area contributed by atoms with E-state index in [9.17, 15) is 14.4 Å². The van der Waals surface area contributed by atoms with Crippen molar-refractivity contribution in [2.45, 2.75) is 26.8 Å². The minimum atomic E-state index is -1.14. The number of benzene rings is 1. The maximum Gasteiger partial charge on any atom is 0.341 e. The Morgan fingerprint density at radius 2 is 1.92 bits per heavy atom. The second kappa shape index (κ2) is 8.09. The van der Waals surface area contributed by atoms with Crippen molar-refractivity contribution in [3.8, 4) is 11.5 Å². The van der Waals surface area contributed by atoms with Gasteiger partial charge in [0.25, 0.3) is 0 Å². The third-order valence-electron chi connectivity index (χ3n) is 3.67. The summed E-state index contributed by atoms with van der Waals surface area (Å²) in [7, 11) is 0. The topological polar surface area (TPSA) is 114 Å². The third-order valence-corrected chi connectivity index (χ3v) is 4.00. The predicted octanol–water partition coefficient (Wildman–Crippen LogP) is 2.42. The molecule has 0 saturated heterocycles. The van der Waals surface area contributed by atoms with Crippen LogP contribution in [0.1, 0.15) is 32.4 Å². The van der Waals surface area contributed by atoms with Gasteiger partial charge in [-0.05, 0) is 26.8 Å². The number of ketones is 1. The summed E-state index contributed by atoms with van der Waals surface area (Å²) in [5.41, 5.74) is 1.25. The standard InChI is InChI=1S/C17H19ClN2O6/c1-4-25-12-5-10(11(18)6-13(12)26-7-14(22)23)16-15(9(3)21)8(2)19-17(24)20-16/h5-6,16H,4,7H2,1-3H3,(H,22,23)(H2,19,20,24). The maximum absolute atomic E-state index is 12.1. The van der Waals surface area contributed by atoms with Gasteiger partial charge in [-0.1, -0.05) is 11.6 Å². The van der Waals surface area contributed by atoms with Crippen molar-refractivity contribution in [3.05, 3.63) is 34.0 Å². The Morgan fingerprint density at radius 3 is 2.50 bits per heavy atom. The summed E-state index contributed by atoms with van der Waals surface area (Å²) in [5.74, 6) is -0.939. The molecule has 1 aromatic rings. The van der Waals surface area contributed by atoms with Crippen LogP contribution in [0.2, 0.25) is 5.02 Å². The highest BCUT2D eigenvalue weighted by Gasteiger charge is 2.31. The molecule has 3 N–H and O–H groups in total. The van der Waals surface area contributed by atoms with E-state index in [-0.39, 0.29) is 22.3 Å². The summed E-state index contributed by atoms with van der Waals surface area (Å²) < 4.78 is 10.7. The maximum atomic E-state index is 12.1. The van der Waals surface area contributed by atoms with Crippen molar-refractivity contribution in [3.63, 3.8) is 0 Å². The molecule has 9 heteroatoms. The SMILES string of the molecule is CCOc1cc(C2NC(=O)NC(C)=C2C(C)=O)c(Cl)cc1OCC(=O)O. The van der Waals surface area contributed by atoms with Gasteiger partial charge in [0.15, 0.2) is 23.9 Å². The van der Waals surface area contributed by atoms with Crippen molar-refractivity contribution in [1.29, 1.82) is 0 Å². The molecule has 0 spiro atoms. The zero-order chi connectivity index (χ0) is 19.4. The number of hydrogen-bond donors (Lipinski definition) is 3. The normalized spacial score (nSPS) is 16.6. The second-order valence-corrected chi connectivity index (χ2v) is 5.97. The second-order valence-electron chi connectivity index (χ2n) is 5.56. The van der Waals surface area contributed by atoms with Crippen LogP contribution < -0.4 is 20.1 Å². The van der Waals surface area contributed by atoms with E-state index in [1.807, 2.05) is 0 Å². The fourth-order valence-electron chi connectivity index (χ4n) is 2.69. The van der Waals surface area contributed by atoms with Crippen LogP contribution in [0.5, 0.6) is 11.5 Å². The number of nitrogens with one attached hydrogen (secondary N) is 2. The van der Waals surface area contributed by atoms with Crippen molar-refractivity contribution < 1.29 is 29.0 Å². The van der Waals surface area contributed by atoms with Crippen LogP contribution in [0.25, 0.3) is 0 Å². The summed E-state index contributed by atoms with van der Waals surface area (Å²) in [4.78, 5) is 34.6. The van der Waals surface area contributed by atoms with Crippen LogP contribution in [0.4, 0.5) is 4.79 Å². The lowest BCUT2D eigenvalue weighted by molar-refractivity contribution is -0.139. The first-order valence-electron chi connectivity index (χ1n) is 7.84. The van der Waals surface area contributed by atoms with E-state index >= 15 is 0 Å². The zero-order valence-corrected chi connectivity index (χ0v) is 15.3. The van der Waals surface area contributed by atoms with E-state index in [0.29, 0.717) is 23.4 Å². The monoisotopic (exact) mass is 382 g/mol. The van der Waals surface area contributed by atoms with Gasteiger partial charge in [0, 0.05) is 22.9 Å². The Hall–Kier alpha value is -2.74. The van der Waals surface area contributed by atoms with Gasteiger partial charge in [-0.15, -0.1) is 0 Å². The first-order valence-corrected chi connectivity index (χ1v) is 8.22. The van der Waals surface area contributed by atoms with Crippen LogP contribution in [0.15, 0.2) is 23.4 Å². The summed E-state index contributed by atoms with van der Waals surface area (Å²) in [6, 6.07) is 1.72. The van der Waals surface area contributed by atoms with E-state index < -0.39 is 24.6 Å². The molecule has 8 nitrogen and oxygen atoms in total. The van der Waals surface area contributed by atoms with Gasteiger partial charge in [0.2, 0.25) is 0 Å². The number of carboxylic acid groups (broad SMARTS) is 1. The highest BCUT2D eigenvalue weighted by Crippen LogP contribution is 2.39. The number of carbonyl (C=O) groups is 3. The first-order chi connectivity index (χ1) is 12.2. The Balaban J connectivity index is 2.52. The fourth-order valence-corrected chi connectivity index (χ4v) is 2.95. The summed E-state index contributed by atoms with van der Waals surface area (Å²) >= 11 is 6.33. The number of ether oxygens (including phenoxy) is 2. The van der Waals surface area contributed by atoms with Crippen molar-refractivity contribution in [2.75, 3.05) is 13.2 Å². The average molecular weight is 383 g/mol. The highest BCUT2D eigenvalue weighted by molar-refractivity contribution is 6.31. The lowest BCUT2D eigenvalue weighted by atomic mass is 9.92. The Morgan fingerprint density at radius 1 is 1.27 bits per heavy atom. The molecule has 1 atom stereocenters. The minimum Gasteiger partial charge on any atom is -0.490 e. The Bertz CT molecular complexity index is 790. The van der Waals surface area contributed by atoms with Crippen LogP contribution >= 0.6 is 11.6 Å². The molecule has 0 aromatic heterocycles. The van der Waals surface area contributed by atoms with Gasteiger partial charge in [-0.3, -0.25) is 4.79 Å². The molecule has 0 fully saturated rings. The van der Waals surface area contributed by atoms with E-state index in [2.05, 4.69) is 10.6 Å². The van der Waals surface area contributed by atoms with Gasteiger partial charge in [0.05, 0.1) is 17.7 Å². The summed E-state index contributed by atoms with van der Waals surface area (Å²) in [5, 5.41) is 14.2. The summed E-state index contributed by atoms with van der Waals surface area (Å²) in [6.45, 7) is 4.53. The molecule has 0 saturated carbocycles. The van der Waals surface area contributed by atoms with Crippen LogP contribution in [0, 0.1) is 0 Å². The summed E-state index contributed by atoms with van der Waals surface area (Å²) in [6.07, 6.45) is 0. The predicted molar refractivity (Wildman–Crippen MR) is 93.5 cm³/mol. The number of rotatable bonds is 7. The number of carbonyl (C=O) groups excluding carboxylic acids is 2. The first kappa shape index (κ1) is 19.6. The van der Waals surface area contributed by atoms with Crippen molar-refractivity contribution in [2.24, 2.45) is 0 Å². The lowest BCUT2D eigenvalue weighted by Crippen LogP contribution is -2.44. The van der Waals surface area contributed by atoms with E-state index in [0.717, 1.165) is 0 Å². The zero-order valence-electron chi connectivity index (χ0n) is 14.5. The molecule has 0 bridgehead atoms. The van der Waals surface area contributed by atoms with Crippen LogP contribution in [0.3, 0.4) is 0 Å². The quantitative estimate of drug-likeness (QED) is 0.667. The van der Waals surface area contributed by atoms with Gasteiger partial charge in [0.1, 0.15) is 0 Å². The molecule has 26 heavy (non-hydrogen) atoms. The minimum absolute atomic E-state index is 0.160. The van der Waals surface area contributed by atoms with E-state index in [1.54, 1.807) is 13.8 Å². The number of aliphatic carboxylic acids is 1. The number of hydrogen-bond acceptors (Lipinski definition) is 5. The Kier molecular flexibility index (Phi) is 6.10. The number of halogens is 1. The molecule has 0 aliphatic carbocycles. The highest BCUT2D eigenvalue weighted by atomic mass is 35.5. The molecule has 2 rings (SSSR count). The van der Waals surface area contributed by atoms with Gasteiger partial charge >= 0.3 is 12.0 Å². The smallest absolute Gasteiger partial charge is 0.341 e. The fraction of sp³-hybridized carbons (Fsp3) is 0.353. The molecule has 1 aromatic carbocycles. The molecule has 140 valence electrons. The van der Waals surface area contributed by atoms with Crippen molar-refractivity contribution in [1.82, 2.24) is 10.6 Å². The van der Waals surface area contributed by atoms with Crippen LogP contribution in [-0.2, 0) is 9.59 Å². The van der Waals surface area contributed by atoms with E-state index in [1.165, 1.54) is 19.1 Å². The molecular weight excluding hydrogens is 364 g/mol. The molecule has 1 unspecified atom stereocenters. The lowest BCUT2D eigenvalue weighted by Gasteiger charge is -2.29. The molecular formula is C17H19ClN2O6. The number of urea groups is 1. The largest absolute Gasteiger partial charge is 0.490 e. The average Bonchev–Trinajstić information content (AvgIpc) is 2.53. The molecule has 1 heterocycles. The number of Topliss-reactive ketones (excluding diaryl/α,β-unsaturated/α-hetero) is 1. The third kappa shape index (κ3) is 4.26. The Labute approximate surface area is 155 Å². The molecule has 1 aliphatic heterocycles. The van der Waals surface area contributed by atoms with Crippen LogP contribution in [-0.4, -0.2) is 36.1 Å². The number of carboxylic acids is 1. The molecule has 0 radical (unpaired) electrons. The molecule has 2 amide bonds. The number of allylic oxidation sites excluding steroid dienone is 1. The van der Waals surface area contributed by atoms with Crippen molar-refractivity contribution >= 4 is 29.4 Å². The van der Waals surface area contributed by atoms with Gasteiger partial charge < -0.3 is 25.2 Å². The van der Waals surface area contributed by atoms with Gasteiger partial charge in [-0.25, -0.2) is 9.59 Å². The van der Waals surface area contributed by atoms with Gasteiger partial charge in [-0.2, -0.15) is 0 Å². The molecule has 1 aliphatic rings.